The minimum atomic E-state index is -1.08. The molecular weight excluding hydrogens is 306 g/mol. The molecule has 1 aromatic carbocycles. The maximum Gasteiger partial charge on any atom is 0.325 e. The van der Waals surface area contributed by atoms with Gasteiger partial charge in [-0.15, -0.1) is 0 Å². The van der Waals surface area contributed by atoms with Crippen LogP contribution in [-0.4, -0.2) is 29.5 Å². The lowest BCUT2D eigenvalue weighted by atomic mass is 9.87. The highest BCUT2D eigenvalue weighted by molar-refractivity contribution is 6.07. The van der Waals surface area contributed by atoms with Gasteiger partial charge in [-0.1, -0.05) is 19.1 Å². The number of ether oxygens (including phenoxy) is 1. The third-order valence-corrected chi connectivity index (χ3v) is 4.10. The van der Waals surface area contributed by atoms with Gasteiger partial charge in [-0.25, -0.2) is 4.79 Å². The molecule has 2 atom stereocenters. The lowest BCUT2D eigenvalue weighted by Crippen LogP contribution is -2.43. The van der Waals surface area contributed by atoms with Crippen LogP contribution < -0.4 is 10.1 Å². The predicted octanol–water partition coefficient (Wildman–Crippen LogP) is 2.79. The van der Waals surface area contributed by atoms with Gasteiger partial charge in [0.05, 0.1) is 18.1 Å². The smallest absolute Gasteiger partial charge is 0.325 e. The lowest BCUT2D eigenvalue weighted by molar-refractivity contribution is -0.132. The average molecular weight is 329 g/mol. The molecule has 1 aliphatic heterocycles. The Labute approximate surface area is 142 Å². The van der Waals surface area contributed by atoms with E-state index in [1.54, 1.807) is 31.2 Å². The van der Waals surface area contributed by atoms with Crippen molar-refractivity contribution in [1.29, 1.82) is 5.26 Å². The molecule has 24 heavy (non-hydrogen) atoms. The highest BCUT2D eigenvalue weighted by atomic mass is 16.5. The molecule has 0 saturated carbocycles. The standard InChI is InChI=1S/C18H23N3O3/c1-5-18(14-6-8-15(9-7-14)24-12(2)3)16(22)21(17(23)20-18)11-13(4)10-19/h6-9,12-13H,5,11H2,1-4H3,(H,20,23). The largest absolute Gasteiger partial charge is 0.491 e. The van der Waals surface area contributed by atoms with Gasteiger partial charge in [0.1, 0.15) is 11.3 Å². The van der Waals surface area contributed by atoms with Crippen LogP contribution in [0.5, 0.6) is 5.75 Å². The zero-order chi connectivity index (χ0) is 17.9. The fourth-order valence-corrected chi connectivity index (χ4v) is 2.84. The van der Waals surface area contributed by atoms with Crippen molar-refractivity contribution >= 4 is 11.9 Å². The number of nitrogens with one attached hydrogen (secondary N) is 1. The van der Waals surface area contributed by atoms with Crippen LogP contribution in [0.2, 0.25) is 0 Å². The molecule has 1 aliphatic rings. The van der Waals surface area contributed by atoms with Crippen molar-refractivity contribution in [2.24, 2.45) is 5.92 Å². The van der Waals surface area contributed by atoms with Crippen LogP contribution in [0.25, 0.3) is 0 Å². The average Bonchev–Trinajstić information content (AvgIpc) is 2.80. The molecule has 0 aliphatic carbocycles. The maximum atomic E-state index is 12.9. The molecule has 0 radical (unpaired) electrons. The third-order valence-electron chi connectivity index (χ3n) is 4.10. The molecule has 6 heteroatoms. The summed E-state index contributed by atoms with van der Waals surface area (Å²) < 4.78 is 5.62. The maximum absolute atomic E-state index is 12.9. The topological polar surface area (TPSA) is 82.4 Å². The Kier molecular flexibility index (Phi) is 5.13. The number of hydrogen-bond acceptors (Lipinski definition) is 4. The third kappa shape index (κ3) is 3.21. The minimum Gasteiger partial charge on any atom is -0.491 e. The van der Waals surface area contributed by atoms with Crippen molar-refractivity contribution in [3.8, 4) is 11.8 Å². The number of imide groups is 1. The summed E-state index contributed by atoms with van der Waals surface area (Å²) in [5, 5.41) is 11.8. The molecule has 6 nitrogen and oxygen atoms in total. The second kappa shape index (κ2) is 6.91. The number of carbonyl (C=O) groups excluding carboxylic acids is 2. The van der Waals surface area contributed by atoms with Gasteiger partial charge in [-0.2, -0.15) is 5.26 Å². The summed E-state index contributed by atoms with van der Waals surface area (Å²) in [6, 6.07) is 8.80. The second-order valence-electron chi connectivity index (χ2n) is 6.33. The van der Waals surface area contributed by atoms with E-state index in [2.05, 4.69) is 11.4 Å². The quantitative estimate of drug-likeness (QED) is 0.814. The van der Waals surface area contributed by atoms with Crippen LogP contribution >= 0.6 is 0 Å². The Hall–Kier alpha value is -2.55. The first-order valence-electron chi connectivity index (χ1n) is 8.15. The van der Waals surface area contributed by atoms with Crippen LogP contribution in [0.15, 0.2) is 24.3 Å². The summed E-state index contributed by atoms with van der Waals surface area (Å²) in [7, 11) is 0. The Bertz CT molecular complexity index is 663. The van der Waals surface area contributed by atoms with Crippen LogP contribution in [0.4, 0.5) is 4.79 Å². The van der Waals surface area contributed by atoms with E-state index >= 15 is 0 Å². The van der Waals surface area contributed by atoms with E-state index < -0.39 is 17.5 Å². The summed E-state index contributed by atoms with van der Waals surface area (Å²) in [4.78, 5) is 26.3. The SMILES string of the molecule is CCC1(c2ccc(OC(C)C)cc2)NC(=O)N(CC(C)C#N)C1=O. The van der Waals surface area contributed by atoms with Gasteiger partial charge in [0.2, 0.25) is 0 Å². The molecule has 1 fully saturated rings. The Morgan fingerprint density at radius 3 is 2.38 bits per heavy atom. The fourth-order valence-electron chi connectivity index (χ4n) is 2.84. The Morgan fingerprint density at radius 1 is 1.25 bits per heavy atom. The van der Waals surface area contributed by atoms with E-state index in [-0.39, 0.29) is 18.6 Å². The van der Waals surface area contributed by atoms with E-state index in [4.69, 9.17) is 10.00 Å². The molecule has 2 unspecified atom stereocenters. The van der Waals surface area contributed by atoms with E-state index in [9.17, 15) is 9.59 Å². The number of urea groups is 1. The Balaban J connectivity index is 2.30. The molecule has 1 N–H and O–H groups in total. The second-order valence-corrected chi connectivity index (χ2v) is 6.33. The highest BCUT2D eigenvalue weighted by Crippen LogP contribution is 2.33. The van der Waals surface area contributed by atoms with Crippen LogP contribution in [0.3, 0.4) is 0 Å². The molecule has 0 spiro atoms. The van der Waals surface area contributed by atoms with Gasteiger partial charge in [-0.3, -0.25) is 9.69 Å². The normalized spacial score (nSPS) is 21.6. The van der Waals surface area contributed by atoms with Gasteiger partial charge in [0, 0.05) is 6.54 Å². The van der Waals surface area contributed by atoms with Crippen molar-refractivity contribution in [3.05, 3.63) is 29.8 Å². The first-order chi connectivity index (χ1) is 11.3. The molecule has 1 saturated heterocycles. The van der Waals surface area contributed by atoms with Gasteiger partial charge in [-0.05, 0) is 44.9 Å². The minimum absolute atomic E-state index is 0.0618. The van der Waals surface area contributed by atoms with E-state index in [0.29, 0.717) is 17.7 Å². The highest BCUT2D eigenvalue weighted by Gasteiger charge is 2.51. The van der Waals surface area contributed by atoms with Crippen molar-refractivity contribution in [3.63, 3.8) is 0 Å². The van der Waals surface area contributed by atoms with Crippen molar-refractivity contribution < 1.29 is 14.3 Å². The van der Waals surface area contributed by atoms with Crippen LogP contribution in [0, 0.1) is 17.2 Å². The summed E-state index contributed by atoms with van der Waals surface area (Å²) in [5.74, 6) is -0.00413. The number of hydrogen-bond donors (Lipinski definition) is 1. The van der Waals surface area contributed by atoms with Gasteiger partial charge in [0.15, 0.2) is 0 Å². The molecule has 128 valence electrons. The fraction of sp³-hybridized carbons (Fsp3) is 0.500. The number of amides is 3. The van der Waals surface area contributed by atoms with Gasteiger partial charge >= 0.3 is 6.03 Å². The number of carbonyl (C=O) groups is 2. The predicted molar refractivity (Wildman–Crippen MR) is 89.2 cm³/mol. The number of nitrogens with zero attached hydrogens (tertiary/aromatic N) is 2. The van der Waals surface area contributed by atoms with E-state index in [1.165, 1.54) is 0 Å². The number of nitriles is 1. The number of rotatable bonds is 6. The molecular formula is C18H23N3O3. The van der Waals surface area contributed by atoms with Crippen molar-refractivity contribution in [2.75, 3.05) is 6.54 Å². The van der Waals surface area contributed by atoms with E-state index in [1.807, 2.05) is 20.8 Å². The van der Waals surface area contributed by atoms with E-state index in [0.717, 1.165) is 4.90 Å². The lowest BCUT2D eigenvalue weighted by Gasteiger charge is -2.26. The number of benzene rings is 1. The summed E-state index contributed by atoms with van der Waals surface area (Å²) >= 11 is 0. The summed E-state index contributed by atoms with van der Waals surface area (Å²) in [6.07, 6.45) is 0.492. The first-order valence-corrected chi connectivity index (χ1v) is 8.15. The summed E-state index contributed by atoms with van der Waals surface area (Å²) in [5.41, 5.74) is -0.366. The zero-order valence-corrected chi connectivity index (χ0v) is 14.5. The molecule has 0 aromatic heterocycles. The molecule has 0 bridgehead atoms. The van der Waals surface area contributed by atoms with Gasteiger partial charge in [0.25, 0.3) is 5.91 Å². The first kappa shape index (κ1) is 17.8. The zero-order valence-electron chi connectivity index (χ0n) is 14.5. The summed E-state index contributed by atoms with van der Waals surface area (Å²) in [6.45, 7) is 7.52. The van der Waals surface area contributed by atoms with Crippen LogP contribution in [0.1, 0.15) is 39.7 Å². The Morgan fingerprint density at radius 2 is 1.88 bits per heavy atom. The van der Waals surface area contributed by atoms with Crippen molar-refractivity contribution in [2.45, 2.75) is 45.8 Å². The van der Waals surface area contributed by atoms with Crippen molar-refractivity contribution in [1.82, 2.24) is 10.2 Å². The molecule has 1 aromatic rings. The molecule has 3 amide bonds. The molecule has 2 rings (SSSR count). The van der Waals surface area contributed by atoms with Crippen LogP contribution in [-0.2, 0) is 10.3 Å². The monoisotopic (exact) mass is 329 g/mol. The van der Waals surface area contributed by atoms with Gasteiger partial charge < -0.3 is 10.1 Å². The molecule has 1 heterocycles.